The summed E-state index contributed by atoms with van der Waals surface area (Å²) in [5.41, 5.74) is 7.35. The summed E-state index contributed by atoms with van der Waals surface area (Å²) in [6.45, 7) is 4.11. The summed E-state index contributed by atoms with van der Waals surface area (Å²) in [5.74, 6) is 0.836. The molecule has 104 valence electrons. The molecule has 0 aliphatic heterocycles. The molecule has 3 N–H and O–H groups in total. The second kappa shape index (κ2) is 6.15. The summed E-state index contributed by atoms with van der Waals surface area (Å²) in [7, 11) is 0. The third kappa shape index (κ3) is 3.32. The first-order chi connectivity index (χ1) is 9.17. The molecule has 0 unspecified atom stereocenters. The van der Waals surface area contributed by atoms with Gasteiger partial charge in [0.2, 0.25) is 0 Å². The summed E-state index contributed by atoms with van der Waals surface area (Å²) in [4.78, 5) is 2.29. The number of oxime groups is 1. The van der Waals surface area contributed by atoms with Gasteiger partial charge in [-0.05, 0) is 37.3 Å². The van der Waals surface area contributed by atoms with E-state index in [4.69, 9.17) is 22.5 Å². The molecule has 2 rings (SSSR count). The molecule has 0 aromatic heterocycles. The molecule has 0 atom stereocenters. The van der Waals surface area contributed by atoms with Crippen LogP contribution in [0.5, 0.6) is 0 Å². The lowest BCUT2D eigenvalue weighted by atomic mass is 10.1. The van der Waals surface area contributed by atoms with E-state index in [1.807, 2.05) is 12.1 Å². The highest BCUT2D eigenvalue weighted by Gasteiger charge is 2.26. The normalized spacial score (nSPS) is 15.6. The van der Waals surface area contributed by atoms with Crippen molar-refractivity contribution in [2.24, 2.45) is 16.8 Å². The number of nitrogens with zero attached hydrogens (tertiary/aromatic N) is 2. The van der Waals surface area contributed by atoms with Gasteiger partial charge >= 0.3 is 0 Å². The highest BCUT2D eigenvalue weighted by Crippen LogP contribution is 2.34. The van der Waals surface area contributed by atoms with Gasteiger partial charge in [0.05, 0.1) is 10.6 Å². The third-order valence-electron chi connectivity index (χ3n) is 3.37. The zero-order valence-corrected chi connectivity index (χ0v) is 11.9. The van der Waals surface area contributed by atoms with Crippen LogP contribution < -0.4 is 10.6 Å². The van der Waals surface area contributed by atoms with Gasteiger partial charge < -0.3 is 15.8 Å². The largest absolute Gasteiger partial charge is 0.409 e. The number of benzene rings is 1. The lowest BCUT2D eigenvalue weighted by molar-refractivity contribution is 0.318. The second-order valence-corrected chi connectivity index (χ2v) is 5.42. The monoisotopic (exact) mass is 281 g/mol. The minimum atomic E-state index is 0.0671. The van der Waals surface area contributed by atoms with Gasteiger partial charge in [-0.25, -0.2) is 0 Å². The maximum Gasteiger partial charge on any atom is 0.173 e. The average molecular weight is 282 g/mol. The standard InChI is InChI=1S/C14H20ClN3O/c1-2-8-18(9-10-6-7-10)12-5-3-4-11(15)13(12)14(16)17-19/h3-5,10,19H,2,6-9H2,1H3,(H2,16,17). The number of nitrogens with two attached hydrogens (primary N) is 1. The Morgan fingerprint density at radius 1 is 1.53 bits per heavy atom. The maximum atomic E-state index is 8.93. The highest BCUT2D eigenvalue weighted by molar-refractivity contribution is 6.34. The topological polar surface area (TPSA) is 61.8 Å². The summed E-state index contributed by atoms with van der Waals surface area (Å²) < 4.78 is 0. The summed E-state index contributed by atoms with van der Waals surface area (Å²) in [6, 6.07) is 5.65. The molecule has 0 saturated heterocycles. The predicted molar refractivity (Wildman–Crippen MR) is 79.2 cm³/mol. The Labute approximate surface area is 118 Å². The smallest absolute Gasteiger partial charge is 0.173 e. The van der Waals surface area contributed by atoms with Crippen LogP contribution in [0.15, 0.2) is 23.4 Å². The molecule has 1 aliphatic carbocycles. The van der Waals surface area contributed by atoms with Crippen molar-refractivity contribution in [1.29, 1.82) is 0 Å². The molecule has 5 heteroatoms. The van der Waals surface area contributed by atoms with Gasteiger partial charge in [0, 0.05) is 18.8 Å². The number of amidine groups is 1. The van der Waals surface area contributed by atoms with Crippen LogP contribution in [0.1, 0.15) is 31.7 Å². The van der Waals surface area contributed by atoms with Crippen LogP contribution in [-0.2, 0) is 0 Å². The van der Waals surface area contributed by atoms with Crippen LogP contribution in [0.2, 0.25) is 5.02 Å². The molecule has 19 heavy (non-hydrogen) atoms. The van der Waals surface area contributed by atoms with E-state index < -0.39 is 0 Å². The number of halogens is 1. The van der Waals surface area contributed by atoms with Crippen molar-refractivity contribution in [3.8, 4) is 0 Å². The van der Waals surface area contributed by atoms with Crippen LogP contribution in [0, 0.1) is 5.92 Å². The highest BCUT2D eigenvalue weighted by atomic mass is 35.5. The van der Waals surface area contributed by atoms with Crippen molar-refractivity contribution in [3.63, 3.8) is 0 Å². The summed E-state index contributed by atoms with van der Waals surface area (Å²) >= 11 is 6.20. The Bertz CT molecular complexity index is 472. The molecule has 1 saturated carbocycles. The first kappa shape index (κ1) is 14.0. The maximum absolute atomic E-state index is 8.93. The molecule has 1 aliphatic rings. The number of anilines is 1. The molecule has 0 heterocycles. The SMILES string of the molecule is CCCN(CC1CC1)c1cccc(Cl)c1C(N)=NO. The van der Waals surface area contributed by atoms with Crippen molar-refractivity contribution >= 4 is 23.1 Å². The summed E-state index contributed by atoms with van der Waals surface area (Å²) in [6.07, 6.45) is 3.63. The van der Waals surface area contributed by atoms with E-state index in [0.29, 0.717) is 10.6 Å². The van der Waals surface area contributed by atoms with Gasteiger partial charge in [-0.2, -0.15) is 0 Å². The van der Waals surface area contributed by atoms with Crippen LogP contribution in [-0.4, -0.2) is 24.1 Å². The van der Waals surface area contributed by atoms with Crippen LogP contribution in [0.25, 0.3) is 0 Å². The summed E-state index contributed by atoms with van der Waals surface area (Å²) in [5, 5.41) is 12.5. The van der Waals surface area contributed by atoms with E-state index in [-0.39, 0.29) is 5.84 Å². The first-order valence-corrected chi connectivity index (χ1v) is 7.06. The van der Waals surface area contributed by atoms with Crippen molar-refractivity contribution in [3.05, 3.63) is 28.8 Å². The van der Waals surface area contributed by atoms with E-state index in [9.17, 15) is 0 Å². The predicted octanol–water partition coefficient (Wildman–Crippen LogP) is 3.06. The van der Waals surface area contributed by atoms with E-state index in [1.165, 1.54) is 12.8 Å². The van der Waals surface area contributed by atoms with Crippen LogP contribution >= 0.6 is 11.6 Å². The number of rotatable bonds is 6. The molecule has 0 radical (unpaired) electrons. The fraction of sp³-hybridized carbons (Fsp3) is 0.500. The fourth-order valence-corrected chi connectivity index (χ4v) is 2.54. The van der Waals surface area contributed by atoms with Gasteiger partial charge in [-0.15, -0.1) is 0 Å². The Morgan fingerprint density at radius 3 is 2.84 bits per heavy atom. The lowest BCUT2D eigenvalue weighted by Crippen LogP contribution is -2.29. The molecular weight excluding hydrogens is 262 g/mol. The van der Waals surface area contributed by atoms with Crippen molar-refractivity contribution < 1.29 is 5.21 Å². The Balaban J connectivity index is 2.36. The Morgan fingerprint density at radius 2 is 2.26 bits per heavy atom. The molecular formula is C14H20ClN3O. The number of hydrogen-bond donors (Lipinski definition) is 2. The molecule has 1 aromatic carbocycles. The molecule has 1 fully saturated rings. The van der Waals surface area contributed by atoms with Crippen LogP contribution in [0.3, 0.4) is 0 Å². The molecule has 1 aromatic rings. The molecule has 0 spiro atoms. The molecule has 4 nitrogen and oxygen atoms in total. The minimum Gasteiger partial charge on any atom is -0.409 e. The Hall–Kier alpha value is -1.42. The van der Waals surface area contributed by atoms with Crippen LogP contribution in [0.4, 0.5) is 5.69 Å². The van der Waals surface area contributed by atoms with E-state index in [1.54, 1.807) is 6.07 Å². The van der Waals surface area contributed by atoms with Gasteiger partial charge in [0.25, 0.3) is 0 Å². The van der Waals surface area contributed by atoms with E-state index in [2.05, 4.69) is 17.0 Å². The van der Waals surface area contributed by atoms with Crippen molar-refractivity contribution in [1.82, 2.24) is 0 Å². The van der Waals surface area contributed by atoms with Gasteiger partial charge in [0.15, 0.2) is 5.84 Å². The second-order valence-electron chi connectivity index (χ2n) is 5.01. The van der Waals surface area contributed by atoms with E-state index >= 15 is 0 Å². The average Bonchev–Trinajstić information content (AvgIpc) is 3.21. The third-order valence-corrected chi connectivity index (χ3v) is 3.68. The lowest BCUT2D eigenvalue weighted by Gasteiger charge is -2.27. The van der Waals surface area contributed by atoms with Crippen molar-refractivity contribution in [2.45, 2.75) is 26.2 Å². The quantitative estimate of drug-likeness (QED) is 0.365. The number of hydrogen-bond acceptors (Lipinski definition) is 3. The van der Waals surface area contributed by atoms with Gasteiger partial charge in [-0.3, -0.25) is 0 Å². The molecule has 0 amide bonds. The van der Waals surface area contributed by atoms with Gasteiger partial charge in [0.1, 0.15) is 0 Å². The zero-order chi connectivity index (χ0) is 13.8. The Kier molecular flexibility index (Phi) is 4.53. The first-order valence-electron chi connectivity index (χ1n) is 6.68. The van der Waals surface area contributed by atoms with Crippen molar-refractivity contribution in [2.75, 3.05) is 18.0 Å². The van der Waals surface area contributed by atoms with Gasteiger partial charge in [-0.1, -0.05) is 29.7 Å². The minimum absolute atomic E-state index is 0.0671. The van der Waals surface area contributed by atoms with E-state index in [0.717, 1.165) is 31.1 Å². The fourth-order valence-electron chi connectivity index (χ4n) is 2.27. The zero-order valence-electron chi connectivity index (χ0n) is 11.1. The molecule has 0 bridgehead atoms.